The topological polar surface area (TPSA) is 100 Å². The summed E-state index contributed by atoms with van der Waals surface area (Å²) in [6.45, 7) is 0.463. The van der Waals surface area contributed by atoms with Gasteiger partial charge in [0.25, 0.3) is 0 Å². The largest absolute Gasteiger partial charge is 0.391 e. The third-order valence-electron chi connectivity index (χ3n) is 1.79. The number of aryl methyl sites for hydroxylation is 1. The first-order chi connectivity index (χ1) is 7.54. The van der Waals surface area contributed by atoms with Crippen molar-refractivity contribution >= 4 is 11.8 Å². The molecule has 0 bridgehead atoms. The first-order valence-corrected chi connectivity index (χ1v) is 5.66. The minimum atomic E-state index is -0.816. The van der Waals surface area contributed by atoms with E-state index in [2.05, 4.69) is 15.4 Å². The van der Waals surface area contributed by atoms with Crippen LogP contribution in [0.1, 0.15) is 0 Å². The number of aliphatic hydroxyl groups is 1. The fraction of sp³-hybridized carbons (Fsp3) is 0.625. The second kappa shape index (κ2) is 5.83. The second-order valence-electron chi connectivity index (χ2n) is 3.22. The Morgan fingerprint density at radius 3 is 2.94 bits per heavy atom. The number of hydrogen-bond donors (Lipinski definition) is 3. The smallest absolute Gasteiger partial charge is 0.339 e. The summed E-state index contributed by atoms with van der Waals surface area (Å²) in [5, 5.41) is 15.0. The number of nitrogens with one attached hydrogen (secondary N) is 2. The molecule has 16 heavy (non-hydrogen) atoms. The molecule has 0 saturated heterocycles. The summed E-state index contributed by atoms with van der Waals surface area (Å²) in [5.41, 5.74) is -1.56. The van der Waals surface area contributed by atoms with Gasteiger partial charge in [0.05, 0.1) is 6.10 Å². The highest BCUT2D eigenvalue weighted by Gasteiger charge is 2.08. The van der Waals surface area contributed by atoms with E-state index in [9.17, 15) is 14.7 Å². The monoisotopic (exact) mass is 246 g/mol. The average molecular weight is 246 g/mol. The maximum atomic E-state index is 11.0. The zero-order valence-corrected chi connectivity index (χ0v) is 9.87. The van der Waals surface area contributed by atoms with Crippen LogP contribution in [0.25, 0.3) is 0 Å². The molecule has 0 amide bonds. The van der Waals surface area contributed by atoms with Gasteiger partial charge < -0.3 is 10.4 Å². The molecule has 0 aliphatic heterocycles. The van der Waals surface area contributed by atoms with Gasteiger partial charge in [-0.3, -0.25) is 19.4 Å². The minimum absolute atomic E-state index is 0.375. The Morgan fingerprint density at radius 1 is 1.62 bits per heavy atom. The molecular weight excluding hydrogens is 232 g/mol. The van der Waals surface area contributed by atoms with Crippen molar-refractivity contribution < 1.29 is 5.11 Å². The van der Waals surface area contributed by atoms with Crippen LogP contribution in [0, 0.1) is 0 Å². The van der Waals surface area contributed by atoms with E-state index in [1.165, 1.54) is 16.4 Å². The Balaban J connectivity index is 2.71. The van der Waals surface area contributed by atoms with Crippen molar-refractivity contribution in [1.82, 2.24) is 20.1 Å². The molecule has 0 aliphatic rings. The zero-order chi connectivity index (χ0) is 12.1. The lowest BCUT2D eigenvalue weighted by Gasteiger charge is -2.10. The number of aromatic amines is 1. The summed E-state index contributed by atoms with van der Waals surface area (Å²) in [6, 6.07) is 0. The molecule has 0 fully saturated rings. The highest BCUT2D eigenvalue weighted by Crippen LogP contribution is 2.12. The third kappa shape index (κ3) is 3.47. The predicted molar refractivity (Wildman–Crippen MR) is 60.8 cm³/mol. The SMILES string of the molecule is CNCC(O)CSc1nc(=O)c(=O)[nH]n1C. The van der Waals surface area contributed by atoms with Gasteiger partial charge in [-0.05, 0) is 7.05 Å². The van der Waals surface area contributed by atoms with Crippen molar-refractivity contribution in [2.45, 2.75) is 11.3 Å². The molecule has 1 aromatic heterocycles. The van der Waals surface area contributed by atoms with Crippen LogP contribution < -0.4 is 16.4 Å². The highest BCUT2D eigenvalue weighted by molar-refractivity contribution is 7.99. The summed E-state index contributed by atoms with van der Waals surface area (Å²) in [5.74, 6) is 0.396. The molecule has 1 heterocycles. The Kier molecular flexibility index (Phi) is 4.71. The lowest BCUT2D eigenvalue weighted by Crippen LogP contribution is -2.34. The lowest BCUT2D eigenvalue weighted by atomic mass is 10.4. The molecule has 0 spiro atoms. The maximum Gasteiger partial charge on any atom is 0.339 e. The Morgan fingerprint density at radius 2 is 2.31 bits per heavy atom. The first-order valence-electron chi connectivity index (χ1n) is 4.67. The number of thioether (sulfide) groups is 1. The molecule has 7 nitrogen and oxygen atoms in total. The van der Waals surface area contributed by atoms with Gasteiger partial charge in [0, 0.05) is 19.3 Å². The average Bonchev–Trinajstić information content (AvgIpc) is 2.22. The van der Waals surface area contributed by atoms with E-state index in [1.807, 2.05) is 0 Å². The number of likely N-dealkylation sites (N-methyl/N-ethyl adjacent to an activating group) is 1. The van der Waals surface area contributed by atoms with E-state index in [4.69, 9.17) is 0 Å². The highest BCUT2D eigenvalue weighted by atomic mass is 32.2. The molecular formula is C8H14N4O3S. The van der Waals surface area contributed by atoms with Gasteiger partial charge in [0.1, 0.15) is 0 Å². The molecule has 1 atom stereocenters. The summed E-state index contributed by atoms with van der Waals surface area (Å²) < 4.78 is 1.36. The van der Waals surface area contributed by atoms with Crippen molar-refractivity contribution in [3.05, 3.63) is 20.7 Å². The first kappa shape index (κ1) is 12.9. The van der Waals surface area contributed by atoms with Gasteiger partial charge >= 0.3 is 11.1 Å². The van der Waals surface area contributed by atoms with Gasteiger partial charge in [-0.2, -0.15) is 4.98 Å². The van der Waals surface area contributed by atoms with Gasteiger partial charge in [-0.25, -0.2) is 0 Å². The predicted octanol–water partition coefficient (Wildman–Crippen LogP) is -1.86. The third-order valence-corrected chi connectivity index (χ3v) is 2.97. The van der Waals surface area contributed by atoms with Gasteiger partial charge in [0.15, 0.2) is 5.16 Å². The van der Waals surface area contributed by atoms with Crippen molar-refractivity contribution in [1.29, 1.82) is 0 Å². The van der Waals surface area contributed by atoms with E-state index in [0.717, 1.165) is 0 Å². The van der Waals surface area contributed by atoms with E-state index < -0.39 is 17.2 Å². The molecule has 1 aromatic rings. The Labute approximate surface area is 95.9 Å². The molecule has 8 heteroatoms. The van der Waals surface area contributed by atoms with Crippen LogP contribution >= 0.6 is 11.8 Å². The van der Waals surface area contributed by atoms with Gasteiger partial charge in [0.2, 0.25) is 0 Å². The normalized spacial score (nSPS) is 12.7. The quantitative estimate of drug-likeness (QED) is 0.416. The van der Waals surface area contributed by atoms with Crippen LogP contribution in [0.4, 0.5) is 0 Å². The van der Waals surface area contributed by atoms with Gasteiger partial charge in [-0.15, -0.1) is 0 Å². The van der Waals surface area contributed by atoms with Crippen LogP contribution in [-0.4, -0.2) is 45.3 Å². The van der Waals surface area contributed by atoms with E-state index >= 15 is 0 Å². The molecule has 0 radical (unpaired) electrons. The van der Waals surface area contributed by atoms with Crippen molar-refractivity contribution in [3.8, 4) is 0 Å². The van der Waals surface area contributed by atoms with Crippen molar-refractivity contribution in [3.63, 3.8) is 0 Å². The van der Waals surface area contributed by atoms with Crippen LogP contribution in [-0.2, 0) is 7.05 Å². The number of H-pyrrole nitrogens is 1. The summed E-state index contributed by atoms with van der Waals surface area (Å²) in [7, 11) is 3.32. The fourth-order valence-electron chi connectivity index (χ4n) is 1.05. The molecule has 1 unspecified atom stereocenters. The number of hydrogen-bond acceptors (Lipinski definition) is 6. The van der Waals surface area contributed by atoms with Crippen LogP contribution in [0.5, 0.6) is 0 Å². The van der Waals surface area contributed by atoms with Crippen LogP contribution in [0.3, 0.4) is 0 Å². The van der Waals surface area contributed by atoms with Crippen molar-refractivity contribution in [2.75, 3.05) is 19.3 Å². The molecule has 90 valence electrons. The zero-order valence-electron chi connectivity index (χ0n) is 9.06. The Bertz CT molecular complexity index is 455. The molecule has 0 aliphatic carbocycles. The number of aliphatic hydroxyl groups excluding tert-OH is 1. The molecule has 0 aromatic carbocycles. The second-order valence-corrected chi connectivity index (χ2v) is 4.21. The molecule has 3 N–H and O–H groups in total. The standard InChI is InChI=1S/C8H14N4O3S/c1-9-3-5(13)4-16-8-10-6(14)7(15)11-12(8)2/h5,9,13H,3-4H2,1-2H3,(H,11,15). The summed E-state index contributed by atoms with van der Waals surface area (Å²) >= 11 is 1.21. The number of rotatable bonds is 5. The molecule has 0 saturated carbocycles. The van der Waals surface area contributed by atoms with Crippen LogP contribution in [0.2, 0.25) is 0 Å². The minimum Gasteiger partial charge on any atom is -0.391 e. The number of aromatic nitrogens is 3. The van der Waals surface area contributed by atoms with E-state index in [0.29, 0.717) is 17.5 Å². The summed E-state index contributed by atoms with van der Waals surface area (Å²) in [4.78, 5) is 25.5. The Hall–Kier alpha value is -1.12. The van der Waals surface area contributed by atoms with Crippen LogP contribution in [0.15, 0.2) is 14.7 Å². The van der Waals surface area contributed by atoms with E-state index in [1.54, 1.807) is 14.1 Å². The molecule has 1 rings (SSSR count). The lowest BCUT2D eigenvalue weighted by molar-refractivity contribution is 0.199. The maximum absolute atomic E-state index is 11.0. The van der Waals surface area contributed by atoms with E-state index in [-0.39, 0.29) is 0 Å². The number of nitrogens with zero attached hydrogens (tertiary/aromatic N) is 2. The summed E-state index contributed by atoms with van der Waals surface area (Å²) in [6.07, 6.45) is -0.529. The van der Waals surface area contributed by atoms with Crippen molar-refractivity contribution in [2.24, 2.45) is 7.05 Å². The van der Waals surface area contributed by atoms with Gasteiger partial charge in [-0.1, -0.05) is 11.8 Å². The fourth-order valence-corrected chi connectivity index (χ4v) is 1.90.